The number of alkyl halides is 6. The molecule has 0 bridgehead atoms. The van der Waals surface area contributed by atoms with E-state index in [9.17, 15) is 46.1 Å². The zero-order chi connectivity index (χ0) is 42.4. The van der Waals surface area contributed by atoms with Crippen LogP contribution in [0, 0.1) is 11.8 Å². The Morgan fingerprint density at radius 3 is 1.12 bits per heavy atom. The van der Waals surface area contributed by atoms with Crippen LogP contribution in [0.1, 0.15) is 124 Å². The lowest BCUT2D eigenvalue weighted by molar-refractivity contribution is -0.139. The van der Waals surface area contributed by atoms with Gasteiger partial charge in [0.25, 0.3) is 0 Å². The molecule has 2 heterocycles. The SMILES string of the molecule is CC(C)c1ccc(N2CC[C@@H](CC(=O)O)C[C@H]2c2ccc(C(F)(F)F)cc2)cc1.CC(C)c1ccc(N2CC[C@H](CC(=O)O)C[C@H]2c2ccc(C(F)(F)F)cc2)cc1. The lowest BCUT2D eigenvalue weighted by Gasteiger charge is -2.41. The van der Waals surface area contributed by atoms with Gasteiger partial charge in [-0.25, -0.2) is 0 Å². The van der Waals surface area contributed by atoms with E-state index < -0.39 is 35.4 Å². The van der Waals surface area contributed by atoms with E-state index in [4.69, 9.17) is 0 Å². The van der Waals surface area contributed by atoms with Crippen LogP contribution in [0.4, 0.5) is 37.7 Å². The quantitative estimate of drug-likeness (QED) is 0.155. The number of halogens is 6. The second kappa shape index (κ2) is 18.7. The minimum absolute atomic E-state index is 0.00554. The third kappa shape index (κ3) is 11.6. The van der Waals surface area contributed by atoms with Gasteiger partial charge < -0.3 is 20.0 Å². The smallest absolute Gasteiger partial charge is 0.416 e. The van der Waals surface area contributed by atoms with E-state index >= 15 is 0 Å². The number of hydrogen-bond donors (Lipinski definition) is 2. The Hall–Kier alpha value is -5.00. The minimum Gasteiger partial charge on any atom is -0.481 e. The Kier molecular flexibility index (Phi) is 14.2. The first-order valence-electron chi connectivity index (χ1n) is 19.8. The van der Waals surface area contributed by atoms with E-state index in [0.717, 1.165) is 59.6 Å². The van der Waals surface area contributed by atoms with Gasteiger partial charge in [0.2, 0.25) is 0 Å². The van der Waals surface area contributed by atoms with Gasteiger partial charge in [0.1, 0.15) is 0 Å². The first-order chi connectivity index (χ1) is 27.3. The second-order valence-electron chi connectivity index (χ2n) is 16.1. The third-order valence-electron chi connectivity index (χ3n) is 11.4. The number of carboxylic acid groups (broad SMARTS) is 2. The van der Waals surface area contributed by atoms with Gasteiger partial charge in [-0.1, -0.05) is 76.2 Å². The summed E-state index contributed by atoms with van der Waals surface area (Å²) in [6, 6.07) is 26.7. The molecule has 0 saturated carbocycles. The fourth-order valence-corrected chi connectivity index (χ4v) is 8.08. The molecule has 0 aliphatic carbocycles. The molecule has 2 N–H and O–H groups in total. The summed E-state index contributed by atoms with van der Waals surface area (Å²) in [5.74, 6) is -0.837. The zero-order valence-electron chi connectivity index (χ0n) is 33.2. The molecule has 4 aromatic carbocycles. The normalized spacial score (nSPS) is 20.1. The van der Waals surface area contributed by atoms with Crippen molar-refractivity contribution in [2.45, 2.75) is 102 Å². The second-order valence-corrected chi connectivity index (χ2v) is 16.1. The zero-order valence-corrected chi connectivity index (χ0v) is 33.2. The maximum atomic E-state index is 12.9. The monoisotopic (exact) mass is 810 g/mol. The molecule has 312 valence electrons. The average molecular weight is 811 g/mol. The van der Waals surface area contributed by atoms with Gasteiger partial charge in [-0.15, -0.1) is 0 Å². The van der Waals surface area contributed by atoms with E-state index in [1.165, 1.54) is 35.4 Å². The number of anilines is 2. The summed E-state index contributed by atoms with van der Waals surface area (Å²) in [4.78, 5) is 26.7. The predicted molar refractivity (Wildman–Crippen MR) is 214 cm³/mol. The summed E-state index contributed by atoms with van der Waals surface area (Å²) < 4.78 is 77.6. The number of rotatable bonds is 10. The molecule has 0 radical (unpaired) electrons. The molecule has 4 aromatic rings. The molecule has 58 heavy (non-hydrogen) atoms. The number of carboxylic acids is 2. The van der Waals surface area contributed by atoms with Crippen molar-refractivity contribution in [1.29, 1.82) is 0 Å². The van der Waals surface area contributed by atoms with Crippen molar-refractivity contribution < 1.29 is 46.1 Å². The topological polar surface area (TPSA) is 81.1 Å². The van der Waals surface area contributed by atoms with Crippen LogP contribution >= 0.6 is 0 Å². The van der Waals surface area contributed by atoms with Crippen LogP contribution in [0.15, 0.2) is 97.1 Å². The van der Waals surface area contributed by atoms with Gasteiger partial charge in [-0.3, -0.25) is 9.59 Å². The van der Waals surface area contributed by atoms with E-state index in [1.807, 2.05) is 24.3 Å². The first-order valence-corrected chi connectivity index (χ1v) is 19.8. The van der Waals surface area contributed by atoms with E-state index in [1.54, 1.807) is 0 Å². The van der Waals surface area contributed by atoms with Crippen LogP contribution in [0.5, 0.6) is 0 Å². The standard InChI is InChI=1S/2C23H26F3NO2/c2*1-15(2)17-5-9-20(10-6-17)27-12-11-16(14-22(28)29)13-21(27)18-3-7-19(8-4-18)23(24,25)26/h2*3-10,15-16,21H,11-14H2,1-2H3,(H,28,29)/t16-,21+;16-,21-/m10/s1. The maximum Gasteiger partial charge on any atom is 0.416 e. The number of aliphatic carboxylic acids is 2. The van der Waals surface area contributed by atoms with E-state index in [2.05, 4.69) is 61.8 Å². The predicted octanol–water partition coefficient (Wildman–Crippen LogP) is 12.5. The Balaban J connectivity index is 0.000000221. The highest BCUT2D eigenvalue weighted by atomic mass is 19.4. The fourth-order valence-electron chi connectivity index (χ4n) is 8.08. The molecule has 6 nitrogen and oxygen atoms in total. The van der Waals surface area contributed by atoms with E-state index in [-0.39, 0.29) is 36.8 Å². The number of nitrogens with zero attached hydrogens (tertiary/aromatic N) is 2. The van der Waals surface area contributed by atoms with E-state index in [0.29, 0.717) is 37.8 Å². The number of hydrogen-bond acceptors (Lipinski definition) is 4. The van der Waals surface area contributed by atoms with Crippen LogP contribution in [-0.2, 0) is 21.9 Å². The summed E-state index contributed by atoms with van der Waals surface area (Å²) in [7, 11) is 0. The Morgan fingerprint density at radius 2 is 0.862 bits per heavy atom. The number of piperidine rings is 2. The molecule has 2 saturated heterocycles. The van der Waals surface area contributed by atoms with Crippen molar-refractivity contribution in [1.82, 2.24) is 0 Å². The molecule has 0 amide bonds. The molecule has 4 atom stereocenters. The highest BCUT2D eigenvalue weighted by Crippen LogP contribution is 2.42. The molecule has 2 aliphatic rings. The molecular formula is C46H52F6N2O4. The highest BCUT2D eigenvalue weighted by molar-refractivity contribution is 5.67. The largest absolute Gasteiger partial charge is 0.481 e. The van der Waals surface area contributed by atoms with Crippen molar-refractivity contribution in [3.05, 3.63) is 130 Å². The number of carbonyl (C=O) groups is 2. The molecular weight excluding hydrogens is 759 g/mol. The van der Waals surface area contributed by atoms with Gasteiger partial charge in [0.15, 0.2) is 0 Å². The molecule has 0 spiro atoms. The molecule has 2 fully saturated rings. The summed E-state index contributed by atoms with van der Waals surface area (Å²) in [5.41, 5.74) is 4.67. The van der Waals surface area contributed by atoms with Gasteiger partial charge in [0.05, 0.1) is 23.2 Å². The lowest BCUT2D eigenvalue weighted by atomic mass is 9.84. The molecule has 0 unspecified atom stereocenters. The molecule has 0 aromatic heterocycles. The highest BCUT2D eigenvalue weighted by Gasteiger charge is 2.35. The maximum absolute atomic E-state index is 12.9. The number of benzene rings is 4. The Bertz CT molecular complexity index is 1800. The molecule has 12 heteroatoms. The molecule has 2 aliphatic heterocycles. The summed E-state index contributed by atoms with van der Waals surface area (Å²) in [6.07, 6.45) is -5.89. The minimum atomic E-state index is -4.37. The van der Waals surface area contributed by atoms with Crippen molar-refractivity contribution in [3.8, 4) is 0 Å². The van der Waals surface area contributed by atoms with Crippen molar-refractivity contribution >= 4 is 23.3 Å². The van der Waals surface area contributed by atoms with Crippen molar-refractivity contribution in [3.63, 3.8) is 0 Å². The summed E-state index contributed by atoms with van der Waals surface area (Å²) in [5, 5.41) is 18.4. The van der Waals surface area contributed by atoms with Crippen molar-refractivity contribution in [2.24, 2.45) is 11.8 Å². The third-order valence-corrected chi connectivity index (χ3v) is 11.4. The Labute approximate surface area is 336 Å². The van der Waals surface area contributed by atoms with Crippen molar-refractivity contribution in [2.75, 3.05) is 22.9 Å². The van der Waals surface area contributed by atoms with Gasteiger partial charge in [-0.2, -0.15) is 26.3 Å². The van der Waals surface area contributed by atoms with Gasteiger partial charge in [-0.05, 0) is 120 Å². The fraction of sp³-hybridized carbons (Fsp3) is 0.435. The van der Waals surface area contributed by atoms with Crippen LogP contribution in [0.25, 0.3) is 0 Å². The Morgan fingerprint density at radius 1 is 0.552 bits per heavy atom. The lowest BCUT2D eigenvalue weighted by Crippen LogP contribution is -2.37. The van der Waals surface area contributed by atoms with Crippen LogP contribution in [0.2, 0.25) is 0 Å². The average Bonchev–Trinajstić information content (AvgIpc) is 3.17. The van der Waals surface area contributed by atoms with Gasteiger partial charge >= 0.3 is 24.3 Å². The van der Waals surface area contributed by atoms with Crippen LogP contribution in [0.3, 0.4) is 0 Å². The molecule has 6 rings (SSSR count). The van der Waals surface area contributed by atoms with Crippen LogP contribution in [-0.4, -0.2) is 35.2 Å². The summed E-state index contributed by atoms with van der Waals surface area (Å²) in [6.45, 7) is 9.83. The first kappa shape index (κ1) is 44.1. The van der Waals surface area contributed by atoms with Crippen LogP contribution < -0.4 is 9.80 Å². The summed E-state index contributed by atoms with van der Waals surface area (Å²) >= 11 is 0. The van der Waals surface area contributed by atoms with Gasteiger partial charge in [0, 0.05) is 37.3 Å².